The predicted molar refractivity (Wildman–Crippen MR) is 182 cm³/mol. The molecule has 9 nitrogen and oxygen atoms in total. The van der Waals surface area contributed by atoms with Crippen LogP contribution in [0.5, 0.6) is 5.75 Å². The summed E-state index contributed by atoms with van der Waals surface area (Å²) in [6.07, 6.45) is 3.10. The van der Waals surface area contributed by atoms with Gasteiger partial charge in [-0.25, -0.2) is 9.79 Å². The van der Waals surface area contributed by atoms with Crippen LogP contribution < -0.4 is 19.6 Å². The number of benzene rings is 3. The third kappa shape index (κ3) is 7.05. The third-order valence-electron chi connectivity index (χ3n) is 7.61. The van der Waals surface area contributed by atoms with Crippen LogP contribution in [0.4, 0.5) is 5.69 Å². The molecule has 46 heavy (non-hydrogen) atoms. The number of thiazole rings is 1. The highest BCUT2D eigenvalue weighted by Crippen LogP contribution is 2.33. The highest BCUT2D eigenvalue weighted by molar-refractivity contribution is 9.10. The fourth-order valence-corrected chi connectivity index (χ4v) is 6.67. The van der Waals surface area contributed by atoms with Crippen molar-refractivity contribution in [1.29, 1.82) is 0 Å². The van der Waals surface area contributed by atoms with Crippen molar-refractivity contribution >= 4 is 45.0 Å². The van der Waals surface area contributed by atoms with E-state index in [2.05, 4.69) is 29.8 Å². The molecule has 5 rings (SSSR count). The highest BCUT2D eigenvalue weighted by Gasteiger charge is 2.34. The number of hydrogen-bond acceptors (Lipinski definition) is 8. The first-order valence-corrected chi connectivity index (χ1v) is 16.7. The van der Waals surface area contributed by atoms with Gasteiger partial charge in [-0.2, -0.15) is 0 Å². The molecule has 11 heteroatoms. The smallest absolute Gasteiger partial charge is 0.338 e. The van der Waals surface area contributed by atoms with Crippen molar-refractivity contribution in [2.75, 3.05) is 6.61 Å². The Bertz CT molecular complexity index is 1980. The van der Waals surface area contributed by atoms with Crippen molar-refractivity contribution in [3.05, 3.63) is 135 Å². The van der Waals surface area contributed by atoms with Crippen molar-refractivity contribution in [1.82, 2.24) is 4.57 Å². The van der Waals surface area contributed by atoms with Crippen LogP contribution in [-0.4, -0.2) is 22.1 Å². The first-order chi connectivity index (χ1) is 22.1. The molecule has 1 aliphatic rings. The van der Waals surface area contributed by atoms with E-state index in [1.54, 1.807) is 35.8 Å². The third-order valence-corrected chi connectivity index (χ3v) is 9.09. The number of nitro groups is 1. The SMILES string of the molecule is CCCC1=C(C(=O)OCC)[C@@H](c2ccc(C(C)C)cc2)n2c(s/c(=C\c3cc(Br)ccc3OCc3ccc([N+](=O)[O-])cc3)c2=O)=N1. The van der Waals surface area contributed by atoms with Gasteiger partial charge in [0.2, 0.25) is 0 Å². The van der Waals surface area contributed by atoms with Gasteiger partial charge in [-0.05, 0) is 72.4 Å². The molecule has 4 aromatic rings. The van der Waals surface area contributed by atoms with Gasteiger partial charge in [-0.3, -0.25) is 19.5 Å². The second-order valence-electron chi connectivity index (χ2n) is 11.1. The quantitative estimate of drug-likeness (QED) is 0.0949. The lowest BCUT2D eigenvalue weighted by molar-refractivity contribution is -0.384. The summed E-state index contributed by atoms with van der Waals surface area (Å²) >= 11 is 4.79. The molecule has 238 valence electrons. The van der Waals surface area contributed by atoms with Crippen LogP contribution in [0.25, 0.3) is 6.08 Å². The Kier molecular flexibility index (Phi) is 10.3. The maximum Gasteiger partial charge on any atom is 0.338 e. The minimum absolute atomic E-state index is 0.00540. The number of halogens is 1. The standard InChI is InChI=1S/C35H34BrN3O6S/c1-5-7-28-31(34(41)44-6-2)32(24-12-10-23(11-13-24)21(3)4)38-33(40)30(46-35(38)37-28)19-25-18-26(36)14-17-29(25)45-20-22-8-15-27(16-9-22)39(42)43/h8-19,21,32H,5-7,20H2,1-4H3/b30-19-/t32-/m1/s1. The number of esters is 1. The van der Waals surface area contributed by atoms with Gasteiger partial charge in [0, 0.05) is 22.2 Å². The molecule has 0 saturated carbocycles. The van der Waals surface area contributed by atoms with Gasteiger partial charge in [0.25, 0.3) is 11.2 Å². The Morgan fingerprint density at radius 2 is 1.83 bits per heavy atom. The van der Waals surface area contributed by atoms with Crippen LogP contribution in [0.2, 0.25) is 0 Å². The lowest BCUT2D eigenvalue weighted by Crippen LogP contribution is -2.40. The van der Waals surface area contributed by atoms with Gasteiger partial charge in [-0.1, -0.05) is 78.7 Å². The Labute approximate surface area is 278 Å². The summed E-state index contributed by atoms with van der Waals surface area (Å²) in [7, 11) is 0. The van der Waals surface area contributed by atoms with Crippen molar-refractivity contribution in [2.24, 2.45) is 4.99 Å². The first-order valence-electron chi connectivity index (χ1n) is 15.1. The Hall–Kier alpha value is -4.35. The topological polar surface area (TPSA) is 113 Å². The van der Waals surface area contributed by atoms with E-state index in [0.29, 0.717) is 44.3 Å². The first kappa shape index (κ1) is 33.0. The zero-order valence-corrected chi connectivity index (χ0v) is 28.4. The summed E-state index contributed by atoms with van der Waals surface area (Å²) in [5.41, 5.74) is 4.12. The number of carbonyl (C=O) groups is 1. The van der Waals surface area contributed by atoms with Crippen molar-refractivity contribution in [3.63, 3.8) is 0 Å². The largest absolute Gasteiger partial charge is 0.488 e. The van der Waals surface area contributed by atoms with Crippen molar-refractivity contribution in [2.45, 2.75) is 59.1 Å². The van der Waals surface area contributed by atoms with Gasteiger partial charge >= 0.3 is 5.97 Å². The van der Waals surface area contributed by atoms with Crippen LogP contribution in [0.15, 0.2) is 92.3 Å². The van der Waals surface area contributed by atoms with Crippen LogP contribution in [-0.2, 0) is 16.1 Å². The Balaban J connectivity index is 1.61. The van der Waals surface area contributed by atoms with Gasteiger partial charge in [0.1, 0.15) is 12.4 Å². The second kappa shape index (κ2) is 14.4. The number of aromatic nitrogens is 1. The van der Waals surface area contributed by atoms with Crippen molar-refractivity contribution < 1.29 is 19.2 Å². The molecule has 0 N–H and O–H groups in total. The number of nitro benzene ring substituents is 1. The van der Waals surface area contributed by atoms with Gasteiger partial charge in [-0.15, -0.1) is 0 Å². The molecule has 1 atom stereocenters. The average molecular weight is 705 g/mol. The molecular formula is C35H34BrN3O6S. The normalized spacial score (nSPS) is 14.7. The maximum absolute atomic E-state index is 14.2. The Morgan fingerprint density at radius 1 is 1.11 bits per heavy atom. The van der Waals surface area contributed by atoms with Gasteiger partial charge in [0.05, 0.1) is 33.4 Å². The van der Waals surface area contributed by atoms with E-state index in [1.165, 1.54) is 23.5 Å². The molecule has 0 bridgehead atoms. The van der Waals surface area contributed by atoms with E-state index in [9.17, 15) is 19.7 Å². The number of rotatable bonds is 11. The molecule has 0 unspecified atom stereocenters. The van der Waals surface area contributed by atoms with E-state index in [-0.39, 0.29) is 24.5 Å². The zero-order chi connectivity index (χ0) is 33.0. The number of nitrogens with zero attached hydrogens (tertiary/aromatic N) is 3. The minimum atomic E-state index is -0.694. The predicted octanol–water partition coefficient (Wildman–Crippen LogP) is 6.95. The van der Waals surface area contributed by atoms with E-state index in [0.717, 1.165) is 27.6 Å². The van der Waals surface area contributed by atoms with Crippen LogP contribution >= 0.6 is 27.3 Å². The molecular weight excluding hydrogens is 670 g/mol. The molecule has 0 aliphatic carbocycles. The molecule has 1 aliphatic heterocycles. The summed E-state index contributed by atoms with van der Waals surface area (Å²) in [6.45, 7) is 8.41. The highest BCUT2D eigenvalue weighted by atomic mass is 79.9. The summed E-state index contributed by atoms with van der Waals surface area (Å²) in [4.78, 5) is 43.6. The lowest BCUT2D eigenvalue weighted by atomic mass is 9.92. The minimum Gasteiger partial charge on any atom is -0.488 e. The molecule has 0 saturated heterocycles. The summed E-state index contributed by atoms with van der Waals surface area (Å²) in [5.74, 6) is 0.386. The molecule has 0 radical (unpaired) electrons. The number of ether oxygens (including phenoxy) is 2. The second-order valence-corrected chi connectivity index (χ2v) is 13.1. The number of allylic oxidation sites excluding steroid dienone is 1. The van der Waals surface area contributed by atoms with Gasteiger partial charge < -0.3 is 9.47 Å². The molecule has 0 amide bonds. The number of non-ortho nitro benzene ring substituents is 1. The summed E-state index contributed by atoms with van der Waals surface area (Å²) in [5, 5.41) is 11.0. The van der Waals surface area contributed by atoms with E-state index in [1.807, 2.05) is 43.3 Å². The molecule has 2 heterocycles. The van der Waals surface area contributed by atoms with Crippen LogP contribution in [0.1, 0.15) is 74.8 Å². The Morgan fingerprint density at radius 3 is 2.46 bits per heavy atom. The monoisotopic (exact) mass is 703 g/mol. The number of carbonyl (C=O) groups excluding carboxylic acids is 1. The number of fused-ring (bicyclic) bond motifs is 1. The van der Waals surface area contributed by atoms with E-state index in [4.69, 9.17) is 14.5 Å². The van der Waals surface area contributed by atoms with Crippen LogP contribution in [0, 0.1) is 10.1 Å². The fraction of sp³-hybridized carbons (Fsp3) is 0.286. The zero-order valence-electron chi connectivity index (χ0n) is 26.0. The molecule has 1 aromatic heterocycles. The summed E-state index contributed by atoms with van der Waals surface area (Å²) < 4.78 is 14.5. The van der Waals surface area contributed by atoms with Crippen molar-refractivity contribution in [3.8, 4) is 5.75 Å². The average Bonchev–Trinajstić information content (AvgIpc) is 3.34. The lowest BCUT2D eigenvalue weighted by Gasteiger charge is -2.26. The molecule has 0 fully saturated rings. The summed E-state index contributed by atoms with van der Waals surface area (Å²) in [6, 6.07) is 19.0. The number of hydrogen-bond donors (Lipinski definition) is 0. The van der Waals surface area contributed by atoms with E-state index < -0.39 is 16.9 Å². The van der Waals surface area contributed by atoms with E-state index >= 15 is 0 Å². The molecule has 0 spiro atoms. The molecule has 3 aromatic carbocycles. The maximum atomic E-state index is 14.2. The fourth-order valence-electron chi connectivity index (χ4n) is 5.28. The van der Waals surface area contributed by atoms with Crippen LogP contribution in [0.3, 0.4) is 0 Å². The van der Waals surface area contributed by atoms with Gasteiger partial charge in [0.15, 0.2) is 4.80 Å².